The average Bonchev–Trinajstić information content (AvgIpc) is 2.15. The van der Waals surface area contributed by atoms with Gasteiger partial charge in [-0.25, -0.2) is 0 Å². The zero-order valence-corrected chi connectivity index (χ0v) is 7.75. The zero-order chi connectivity index (χ0) is 9.68. The SMILES string of the molecule is CCCCc1ccc(C(=O)[O-])cc1. The summed E-state index contributed by atoms with van der Waals surface area (Å²) in [5.41, 5.74) is 1.44. The lowest BCUT2D eigenvalue weighted by Gasteiger charge is -2.03. The molecule has 0 bridgehead atoms. The van der Waals surface area contributed by atoms with Crippen LogP contribution in [0.3, 0.4) is 0 Å². The Morgan fingerprint density at radius 1 is 1.31 bits per heavy atom. The molecule has 0 amide bonds. The van der Waals surface area contributed by atoms with Gasteiger partial charge in [0.2, 0.25) is 0 Å². The van der Waals surface area contributed by atoms with Crippen molar-refractivity contribution in [2.45, 2.75) is 26.2 Å². The predicted molar refractivity (Wildman–Crippen MR) is 49.4 cm³/mol. The Kier molecular flexibility index (Phi) is 3.50. The maximum atomic E-state index is 10.4. The monoisotopic (exact) mass is 177 g/mol. The Balaban J connectivity index is 2.64. The molecule has 2 nitrogen and oxygen atoms in total. The van der Waals surface area contributed by atoms with Crippen molar-refractivity contribution in [1.29, 1.82) is 0 Å². The molecule has 0 heterocycles. The fourth-order valence-electron chi connectivity index (χ4n) is 1.19. The van der Waals surface area contributed by atoms with Crippen LogP contribution >= 0.6 is 0 Å². The molecular formula is C11H13O2-. The molecule has 0 saturated heterocycles. The molecule has 0 spiro atoms. The van der Waals surface area contributed by atoms with Crippen molar-refractivity contribution < 1.29 is 9.90 Å². The molecule has 0 aliphatic rings. The first-order chi connectivity index (χ1) is 6.24. The fraction of sp³-hybridized carbons (Fsp3) is 0.364. The van der Waals surface area contributed by atoms with E-state index in [1.54, 1.807) is 12.1 Å². The number of carboxylic acids is 1. The molecule has 0 saturated carbocycles. The first-order valence-electron chi connectivity index (χ1n) is 4.54. The number of hydrogen-bond donors (Lipinski definition) is 0. The quantitative estimate of drug-likeness (QED) is 0.697. The maximum absolute atomic E-state index is 10.4. The van der Waals surface area contributed by atoms with Crippen molar-refractivity contribution in [3.05, 3.63) is 35.4 Å². The van der Waals surface area contributed by atoms with Crippen molar-refractivity contribution in [3.63, 3.8) is 0 Å². The second-order valence-electron chi connectivity index (χ2n) is 3.09. The highest BCUT2D eigenvalue weighted by molar-refractivity contribution is 5.85. The molecule has 2 heteroatoms. The van der Waals surface area contributed by atoms with Crippen LogP contribution in [-0.4, -0.2) is 5.97 Å². The molecule has 0 radical (unpaired) electrons. The number of carbonyl (C=O) groups excluding carboxylic acids is 1. The zero-order valence-electron chi connectivity index (χ0n) is 7.75. The van der Waals surface area contributed by atoms with Gasteiger partial charge in [-0.15, -0.1) is 0 Å². The molecule has 13 heavy (non-hydrogen) atoms. The van der Waals surface area contributed by atoms with Gasteiger partial charge in [-0.1, -0.05) is 37.6 Å². The van der Waals surface area contributed by atoms with E-state index >= 15 is 0 Å². The molecule has 70 valence electrons. The summed E-state index contributed by atoms with van der Waals surface area (Å²) in [4.78, 5) is 10.4. The van der Waals surface area contributed by atoms with Gasteiger partial charge in [0.25, 0.3) is 0 Å². The summed E-state index contributed by atoms with van der Waals surface area (Å²) in [6.07, 6.45) is 3.32. The van der Waals surface area contributed by atoms with Crippen LogP contribution in [0.25, 0.3) is 0 Å². The second kappa shape index (κ2) is 4.65. The topological polar surface area (TPSA) is 40.1 Å². The summed E-state index contributed by atoms with van der Waals surface area (Å²) < 4.78 is 0. The van der Waals surface area contributed by atoms with Gasteiger partial charge in [0.05, 0.1) is 5.97 Å². The Bertz CT molecular complexity index is 275. The molecule has 0 aliphatic carbocycles. The van der Waals surface area contributed by atoms with E-state index in [2.05, 4.69) is 6.92 Å². The van der Waals surface area contributed by atoms with Crippen LogP contribution in [0.5, 0.6) is 0 Å². The summed E-state index contributed by atoms with van der Waals surface area (Å²) in [6.45, 7) is 2.13. The summed E-state index contributed by atoms with van der Waals surface area (Å²) in [5, 5.41) is 10.4. The Hall–Kier alpha value is -1.31. The normalized spacial score (nSPS) is 9.92. The third kappa shape index (κ3) is 2.90. The van der Waals surface area contributed by atoms with E-state index in [0.717, 1.165) is 19.3 Å². The number of aromatic carboxylic acids is 1. The number of benzene rings is 1. The van der Waals surface area contributed by atoms with Crippen LogP contribution in [0.1, 0.15) is 35.7 Å². The maximum Gasteiger partial charge on any atom is 0.0715 e. The van der Waals surface area contributed by atoms with E-state index in [1.807, 2.05) is 12.1 Å². The second-order valence-corrected chi connectivity index (χ2v) is 3.09. The fourth-order valence-corrected chi connectivity index (χ4v) is 1.19. The van der Waals surface area contributed by atoms with Crippen molar-refractivity contribution in [1.82, 2.24) is 0 Å². The Morgan fingerprint density at radius 3 is 2.38 bits per heavy atom. The van der Waals surface area contributed by atoms with E-state index < -0.39 is 5.97 Å². The van der Waals surface area contributed by atoms with Crippen LogP contribution in [-0.2, 0) is 6.42 Å². The molecule has 0 N–H and O–H groups in total. The summed E-state index contributed by atoms with van der Waals surface area (Å²) in [5.74, 6) is -1.11. The molecule has 0 unspecified atom stereocenters. The Morgan fingerprint density at radius 2 is 1.92 bits per heavy atom. The number of carbonyl (C=O) groups is 1. The van der Waals surface area contributed by atoms with Crippen molar-refractivity contribution >= 4 is 5.97 Å². The van der Waals surface area contributed by atoms with Crippen LogP contribution < -0.4 is 5.11 Å². The molecule has 1 rings (SSSR count). The standard InChI is InChI=1S/C11H14O2/c1-2-3-4-9-5-7-10(8-6-9)11(12)13/h5-8H,2-4H2,1H3,(H,12,13)/p-1. The summed E-state index contributed by atoms with van der Waals surface area (Å²) in [7, 11) is 0. The third-order valence-corrected chi connectivity index (χ3v) is 2.01. The van der Waals surface area contributed by atoms with Gasteiger partial charge in [-0.2, -0.15) is 0 Å². The lowest BCUT2D eigenvalue weighted by atomic mass is 10.1. The first kappa shape index (κ1) is 9.78. The van der Waals surface area contributed by atoms with Crippen molar-refractivity contribution in [2.75, 3.05) is 0 Å². The summed E-state index contributed by atoms with van der Waals surface area (Å²) in [6, 6.07) is 6.89. The lowest BCUT2D eigenvalue weighted by molar-refractivity contribution is -0.255. The number of hydrogen-bond acceptors (Lipinski definition) is 2. The minimum atomic E-state index is -1.11. The molecule has 0 fully saturated rings. The highest BCUT2D eigenvalue weighted by Crippen LogP contribution is 2.07. The first-order valence-corrected chi connectivity index (χ1v) is 4.54. The number of aryl methyl sites for hydroxylation is 1. The lowest BCUT2D eigenvalue weighted by Crippen LogP contribution is -2.21. The van der Waals surface area contributed by atoms with Crippen LogP contribution in [0, 0.1) is 0 Å². The Labute approximate surface area is 78.2 Å². The van der Waals surface area contributed by atoms with Crippen molar-refractivity contribution in [3.8, 4) is 0 Å². The van der Waals surface area contributed by atoms with E-state index in [0.29, 0.717) is 0 Å². The molecule has 1 aromatic carbocycles. The molecule has 0 aromatic heterocycles. The van der Waals surface area contributed by atoms with Gasteiger partial charge in [-0.3, -0.25) is 0 Å². The van der Waals surface area contributed by atoms with Crippen LogP contribution in [0.4, 0.5) is 0 Å². The van der Waals surface area contributed by atoms with Crippen LogP contribution in [0.15, 0.2) is 24.3 Å². The van der Waals surface area contributed by atoms with Crippen LogP contribution in [0.2, 0.25) is 0 Å². The highest BCUT2D eigenvalue weighted by atomic mass is 16.4. The third-order valence-electron chi connectivity index (χ3n) is 2.01. The van der Waals surface area contributed by atoms with Gasteiger partial charge in [0.15, 0.2) is 0 Å². The van der Waals surface area contributed by atoms with Gasteiger partial charge < -0.3 is 9.90 Å². The van der Waals surface area contributed by atoms with E-state index in [1.165, 1.54) is 5.56 Å². The molecule has 1 aromatic rings. The van der Waals surface area contributed by atoms with E-state index in [4.69, 9.17) is 0 Å². The summed E-state index contributed by atoms with van der Waals surface area (Å²) >= 11 is 0. The van der Waals surface area contributed by atoms with E-state index in [9.17, 15) is 9.90 Å². The average molecular weight is 177 g/mol. The minimum Gasteiger partial charge on any atom is -0.545 e. The van der Waals surface area contributed by atoms with Gasteiger partial charge in [0.1, 0.15) is 0 Å². The molecule has 0 atom stereocenters. The van der Waals surface area contributed by atoms with E-state index in [-0.39, 0.29) is 5.56 Å². The smallest absolute Gasteiger partial charge is 0.0715 e. The van der Waals surface area contributed by atoms with Gasteiger partial charge in [0, 0.05) is 0 Å². The van der Waals surface area contributed by atoms with Crippen molar-refractivity contribution in [2.24, 2.45) is 0 Å². The highest BCUT2D eigenvalue weighted by Gasteiger charge is 1.94. The van der Waals surface area contributed by atoms with Gasteiger partial charge >= 0.3 is 0 Å². The largest absolute Gasteiger partial charge is 0.545 e. The molecule has 0 aliphatic heterocycles. The minimum absolute atomic E-state index is 0.250. The number of rotatable bonds is 4. The molecular weight excluding hydrogens is 164 g/mol. The number of unbranched alkanes of at least 4 members (excludes halogenated alkanes) is 1. The number of carboxylic acid groups (broad SMARTS) is 1. The predicted octanol–water partition coefficient (Wildman–Crippen LogP) is 1.39. The van der Waals surface area contributed by atoms with Gasteiger partial charge in [-0.05, 0) is 24.0 Å².